The molecule has 0 spiro atoms. The van der Waals surface area contributed by atoms with Crippen LogP contribution < -0.4 is 4.90 Å². The molecule has 0 N–H and O–H groups in total. The van der Waals surface area contributed by atoms with Gasteiger partial charge in [-0.3, -0.25) is 4.79 Å². The van der Waals surface area contributed by atoms with Gasteiger partial charge >= 0.3 is 0 Å². The highest BCUT2D eigenvalue weighted by Gasteiger charge is 2.22. The molecule has 3 nitrogen and oxygen atoms in total. The van der Waals surface area contributed by atoms with Crippen molar-refractivity contribution in [2.45, 2.75) is 6.42 Å². The monoisotopic (exact) mass is 348 g/mol. The summed E-state index contributed by atoms with van der Waals surface area (Å²) in [5.41, 5.74) is 1.92. The van der Waals surface area contributed by atoms with E-state index in [9.17, 15) is 4.79 Å². The normalized spacial score (nSPS) is 14.9. The first-order chi connectivity index (χ1) is 11.1. The van der Waals surface area contributed by atoms with Gasteiger partial charge in [0, 0.05) is 41.9 Å². The minimum absolute atomic E-state index is 0.0766. The van der Waals surface area contributed by atoms with Gasteiger partial charge in [0.1, 0.15) is 0 Å². The molecule has 2 aromatic rings. The topological polar surface area (TPSA) is 23.6 Å². The molecule has 0 unspecified atom stereocenters. The third kappa shape index (κ3) is 3.80. The highest BCUT2D eigenvalue weighted by atomic mass is 35.5. The quantitative estimate of drug-likeness (QED) is 0.840. The Kier molecular flexibility index (Phi) is 5.09. The molecule has 2 aromatic carbocycles. The lowest BCUT2D eigenvalue weighted by Gasteiger charge is -2.36. The average Bonchev–Trinajstić information content (AvgIpc) is 2.59. The molecule has 0 saturated carbocycles. The maximum Gasteiger partial charge on any atom is 0.227 e. The molecule has 0 aromatic heterocycles. The lowest BCUT2D eigenvalue weighted by atomic mass is 10.1. The molecule has 0 bridgehead atoms. The fourth-order valence-electron chi connectivity index (χ4n) is 2.82. The number of piperazine rings is 1. The van der Waals surface area contributed by atoms with Crippen molar-refractivity contribution >= 4 is 34.8 Å². The molecule has 0 atom stereocenters. The van der Waals surface area contributed by atoms with Crippen molar-refractivity contribution in [2.75, 3.05) is 31.1 Å². The molecule has 1 aliphatic rings. The summed E-state index contributed by atoms with van der Waals surface area (Å²) in [6.45, 7) is 3.11. The summed E-state index contributed by atoms with van der Waals surface area (Å²) in [5, 5.41) is 1.10. The van der Waals surface area contributed by atoms with E-state index >= 15 is 0 Å². The van der Waals surface area contributed by atoms with Gasteiger partial charge in [0.2, 0.25) is 5.91 Å². The zero-order chi connectivity index (χ0) is 16.2. The Morgan fingerprint density at radius 3 is 2.09 bits per heavy atom. The highest BCUT2D eigenvalue weighted by Crippen LogP contribution is 2.25. The van der Waals surface area contributed by atoms with Crippen LogP contribution in [0.5, 0.6) is 0 Å². The van der Waals surface area contributed by atoms with Gasteiger partial charge in [-0.1, -0.05) is 47.5 Å². The first-order valence-electron chi connectivity index (χ1n) is 7.66. The van der Waals surface area contributed by atoms with Crippen LogP contribution in [0.2, 0.25) is 10.0 Å². The van der Waals surface area contributed by atoms with E-state index in [0.29, 0.717) is 15.6 Å². The van der Waals surface area contributed by atoms with E-state index in [1.54, 1.807) is 18.2 Å². The summed E-state index contributed by atoms with van der Waals surface area (Å²) in [7, 11) is 0. The van der Waals surface area contributed by atoms with Crippen LogP contribution in [0.4, 0.5) is 5.69 Å². The SMILES string of the molecule is O=C(Cc1c(Cl)cccc1Cl)N1CCN(c2ccccc2)CC1. The minimum atomic E-state index is 0.0766. The number of carbonyl (C=O) groups is 1. The van der Waals surface area contributed by atoms with Gasteiger partial charge in [0.15, 0.2) is 0 Å². The number of hydrogen-bond donors (Lipinski definition) is 0. The van der Waals surface area contributed by atoms with Crippen LogP contribution in [-0.2, 0) is 11.2 Å². The van der Waals surface area contributed by atoms with Crippen LogP contribution in [0, 0.1) is 0 Å². The first-order valence-corrected chi connectivity index (χ1v) is 8.41. The smallest absolute Gasteiger partial charge is 0.227 e. The molecule has 1 aliphatic heterocycles. The van der Waals surface area contributed by atoms with E-state index in [1.165, 1.54) is 5.69 Å². The van der Waals surface area contributed by atoms with Crippen molar-refractivity contribution in [3.05, 3.63) is 64.1 Å². The van der Waals surface area contributed by atoms with Gasteiger partial charge in [-0.25, -0.2) is 0 Å². The van der Waals surface area contributed by atoms with E-state index in [1.807, 2.05) is 23.1 Å². The molecule has 120 valence electrons. The molecule has 1 amide bonds. The summed E-state index contributed by atoms with van der Waals surface area (Å²) < 4.78 is 0. The number of nitrogens with zero attached hydrogens (tertiary/aromatic N) is 2. The molecular formula is C18H18Cl2N2O. The van der Waals surface area contributed by atoms with Gasteiger partial charge in [-0.2, -0.15) is 0 Å². The lowest BCUT2D eigenvalue weighted by Crippen LogP contribution is -2.49. The summed E-state index contributed by atoms with van der Waals surface area (Å²) in [4.78, 5) is 16.7. The van der Waals surface area contributed by atoms with Gasteiger partial charge in [0.05, 0.1) is 6.42 Å². The summed E-state index contributed by atoms with van der Waals surface area (Å²) in [6.07, 6.45) is 0.254. The van der Waals surface area contributed by atoms with Crippen molar-refractivity contribution in [3.8, 4) is 0 Å². The lowest BCUT2D eigenvalue weighted by molar-refractivity contribution is -0.130. The zero-order valence-electron chi connectivity index (χ0n) is 12.7. The first kappa shape index (κ1) is 16.2. The van der Waals surface area contributed by atoms with Crippen molar-refractivity contribution in [1.29, 1.82) is 0 Å². The number of hydrogen-bond acceptors (Lipinski definition) is 2. The van der Waals surface area contributed by atoms with E-state index in [0.717, 1.165) is 26.2 Å². The standard InChI is InChI=1S/C18H18Cl2N2O/c19-16-7-4-8-17(20)15(16)13-18(23)22-11-9-21(10-12-22)14-5-2-1-3-6-14/h1-8H,9-13H2. The molecule has 1 saturated heterocycles. The third-order valence-corrected chi connectivity index (χ3v) is 4.85. The molecule has 3 rings (SSSR count). The largest absolute Gasteiger partial charge is 0.368 e. The molecule has 1 fully saturated rings. The number of anilines is 1. The van der Waals surface area contributed by atoms with E-state index < -0.39 is 0 Å². The fourth-order valence-corrected chi connectivity index (χ4v) is 3.35. The third-order valence-electron chi connectivity index (χ3n) is 4.14. The van der Waals surface area contributed by atoms with Gasteiger partial charge in [-0.15, -0.1) is 0 Å². The average molecular weight is 349 g/mol. The van der Waals surface area contributed by atoms with E-state index in [-0.39, 0.29) is 12.3 Å². The minimum Gasteiger partial charge on any atom is -0.368 e. The van der Waals surface area contributed by atoms with Crippen LogP contribution >= 0.6 is 23.2 Å². The van der Waals surface area contributed by atoms with Gasteiger partial charge in [-0.05, 0) is 29.8 Å². The highest BCUT2D eigenvalue weighted by molar-refractivity contribution is 6.36. The number of para-hydroxylation sites is 1. The number of halogens is 2. The summed E-state index contributed by atoms with van der Waals surface area (Å²) in [6, 6.07) is 15.6. The second-order valence-corrected chi connectivity index (χ2v) is 6.39. The van der Waals surface area contributed by atoms with Crippen molar-refractivity contribution in [3.63, 3.8) is 0 Å². The Morgan fingerprint density at radius 1 is 0.870 bits per heavy atom. The van der Waals surface area contributed by atoms with Crippen LogP contribution in [0.3, 0.4) is 0 Å². The Morgan fingerprint density at radius 2 is 1.48 bits per heavy atom. The summed E-state index contributed by atoms with van der Waals surface area (Å²) in [5.74, 6) is 0.0766. The second-order valence-electron chi connectivity index (χ2n) is 5.58. The van der Waals surface area contributed by atoms with Crippen LogP contribution in [-0.4, -0.2) is 37.0 Å². The Bertz CT molecular complexity index is 662. The molecule has 1 heterocycles. The zero-order valence-corrected chi connectivity index (χ0v) is 14.2. The Labute approximate surface area is 146 Å². The van der Waals surface area contributed by atoms with Gasteiger partial charge < -0.3 is 9.80 Å². The van der Waals surface area contributed by atoms with Crippen molar-refractivity contribution in [2.24, 2.45) is 0 Å². The molecule has 23 heavy (non-hydrogen) atoms. The number of carbonyl (C=O) groups excluding carboxylic acids is 1. The molecule has 0 radical (unpaired) electrons. The van der Waals surface area contributed by atoms with E-state index in [4.69, 9.17) is 23.2 Å². The maximum absolute atomic E-state index is 12.5. The molecule has 0 aliphatic carbocycles. The predicted molar refractivity (Wildman–Crippen MR) is 95.4 cm³/mol. The van der Waals surface area contributed by atoms with E-state index in [2.05, 4.69) is 17.0 Å². The predicted octanol–water partition coefficient (Wildman–Crippen LogP) is 3.88. The Balaban J connectivity index is 1.60. The van der Waals surface area contributed by atoms with Gasteiger partial charge in [0.25, 0.3) is 0 Å². The molecular weight excluding hydrogens is 331 g/mol. The van der Waals surface area contributed by atoms with Crippen LogP contribution in [0.1, 0.15) is 5.56 Å². The molecule has 5 heteroatoms. The van der Waals surface area contributed by atoms with Crippen molar-refractivity contribution < 1.29 is 4.79 Å². The number of benzene rings is 2. The maximum atomic E-state index is 12.5. The number of amides is 1. The summed E-state index contributed by atoms with van der Waals surface area (Å²) >= 11 is 12.3. The Hall–Kier alpha value is -1.71. The van der Waals surface area contributed by atoms with Crippen molar-refractivity contribution in [1.82, 2.24) is 4.90 Å². The van der Waals surface area contributed by atoms with Crippen LogP contribution in [0.15, 0.2) is 48.5 Å². The fraction of sp³-hybridized carbons (Fsp3) is 0.278. The van der Waals surface area contributed by atoms with Crippen LogP contribution in [0.25, 0.3) is 0 Å². The second kappa shape index (κ2) is 7.24. The number of rotatable bonds is 3.